The third-order valence-electron chi connectivity index (χ3n) is 4.53. The van der Waals surface area contributed by atoms with Crippen LogP contribution in [0.5, 0.6) is 17.2 Å². The summed E-state index contributed by atoms with van der Waals surface area (Å²) < 4.78 is 5.02. The summed E-state index contributed by atoms with van der Waals surface area (Å²) in [6, 6.07) is 8.93. The molecule has 0 atom stereocenters. The standard InChI is InChI=1S/C24H24O8/c1-32-23-13-16(5-10-22(23)29)4-9-21(28)18(6-11-24(30)31)20(27)8-3-15-2-7-19(26)17(12-15)14-25/h2-5,7-10,12-13,25-26,28-29H,6,11,14H2,1H3,(H,30,31)/b8-3+,9-4+,21-18-. The number of phenols is 2. The van der Waals surface area contributed by atoms with Gasteiger partial charge in [0, 0.05) is 17.6 Å². The molecule has 0 aliphatic heterocycles. The van der Waals surface area contributed by atoms with Crippen LogP contribution in [0.3, 0.4) is 0 Å². The lowest BCUT2D eigenvalue weighted by Crippen LogP contribution is -2.06. The number of carboxylic acids is 1. The monoisotopic (exact) mass is 440 g/mol. The minimum atomic E-state index is -1.12. The number of ether oxygens (including phenoxy) is 1. The van der Waals surface area contributed by atoms with Gasteiger partial charge in [0.1, 0.15) is 11.5 Å². The zero-order chi connectivity index (χ0) is 23.7. The Morgan fingerprint density at radius 2 is 1.53 bits per heavy atom. The Morgan fingerprint density at radius 1 is 0.906 bits per heavy atom. The van der Waals surface area contributed by atoms with E-state index in [1.165, 1.54) is 61.7 Å². The molecule has 2 aromatic rings. The number of rotatable bonds is 10. The number of aliphatic hydroxyl groups excluding tert-OH is 2. The van der Waals surface area contributed by atoms with Gasteiger partial charge >= 0.3 is 5.97 Å². The summed E-state index contributed by atoms with van der Waals surface area (Å²) >= 11 is 0. The highest BCUT2D eigenvalue weighted by Gasteiger charge is 2.14. The molecule has 0 aliphatic rings. The van der Waals surface area contributed by atoms with Gasteiger partial charge in [-0.3, -0.25) is 9.59 Å². The van der Waals surface area contributed by atoms with Crippen LogP contribution in [0, 0.1) is 0 Å². The smallest absolute Gasteiger partial charge is 0.303 e. The SMILES string of the molecule is COc1cc(/C=C/C(O)=C(\CCC(=O)O)C(=O)/C=C/c2ccc(O)c(CO)c2)ccc1O. The van der Waals surface area contributed by atoms with E-state index in [1.807, 2.05) is 0 Å². The fourth-order valence-corrected chi connectivity index (χ4v) is 2.79. The number of hydrogen-bond acceptors (Lipinski definition) is 7. The summed E-state index contributed by atoms with van der Waals surface area (Å²) in [5.74, 6) is -2.00. The molecule has 0 saturated heterocycles. The number of carboxylic acid groups (broad SMARTS) is 1. The van der Waals surface area contributed by atoms with Gasteiger partial charge < -0.3 is 30.3 Å². The molecule has 0 spiro atoms. The third kappa shape index (κ3) is 6.75. The first-order valence-electron chi connectivity index (χ1n) is 9.59. The number of hydrogen-bond donors (Lipinski definition) is 5. The maximum atomic E-state index is 12.7. The third-order valence-corrected chi connectivity index (χ3v) is 4.53. The quantitative estimate of drug-likeness (QED) is 0.214. The van der Waals surface area contributed by atoms with Gasteiger partial charge in [-0.15, -0.1) is 0 Å². The molecule has 0 bridgehead atoms. The van der Waals surface area contributed by atoms with Crippen molar-refractivity contribution in [2.24, 2.45) is 0 Å². The summed E-state index contributed by atoms with van der Waals surface area (Å²) in [7, 11) is 1.40. The Bertz CT molecular complexity index is 1080. The molecule has 32 heavy (non-hydrogen) atoms. The van der Waals surface area contributed by atoms with Crippen molar-refractivity contribution in [2.45, 2.75) is 19.4 Å². The molecule has 0 aliphatic carbocycles. The first-order valence-corrected chi connectivity index (χ1v) is 9.59. The summed E-state index contributed by atoms with van der Waals surface area (Å²) in [5.41, 5.74) is 1.31. The van der Waals surface area contributed by atoms with Gasteiger partial charge in [0.2, 0.25) is 0 Å². The zero-order valence-corrected chi connectivity index (χ0v) is 17.4. The van der Waals surface area contributed by atoms with Gasteiger partial charge in [-0.25, -0.2) is 0 Å². The molecule has 5 N–H and O–H groups in total. The molecule has 2 aromatic carbocycles. The van der Waals surface area contributed by atoms with Crippen molar-refractivity contribution in [3.8, 4) is 17.2 Å². The van der Waals surface area contributed by atoms with E-state index in [0.717, 1.165) is 0 Å². The number of aromatic hydroxyl groups is 2. The summed E-state index contributed by atoms with van der Waals surface area (Å²) in [5, 5.41) is 47.9. The van der Waals surface area contributed by atoms with E-state index in [-0.39, 0.29) is 47.8 Å². The Hall–Kier alpha value is -4.04. The van der Waals surface area contributed by atoms with E-state index in [4.69, 9.17) is 9.84 Å². The second kappa shape index (κ2) is 11.4. The van der Waals surface area contributed by atoms with Crippen molar-refractivity contribution >= 4 is 23.9 Å². The van der Waals surface area contributed by atoms with Crippen LogP contribution in [0.25, 0.3) is 12.2 Å². The van der Waals surface area contributed by atoms with Crippen LogP contribution in [-0.2, 0) is 16.2 Å². The molecule has 0 saturated carbocycles. The lowest BCUT2D eigenvalue weighted by molar-refractivity contribution is -0.136. The Kier molecular flexibility index (Phi) is 8.62. The second-order valence-corrected chi connectivity index (χ2v) is 6.77. The molecular weight excluding hydrogens is 416 g/mol. The first-order chi connectivity index (χ1) is 15.2. The van der Waals surface area contributed by atoms with E-state index >= 15 is 0 Å². The zero-order valence-electron chi connectivity index (χ0n) is 17.4. The molecule has 0 radical (unpaired) electrons. The van der Waals surface area contributed by atoms with E-state index in [0.29, 0.717) is 11.1 Å². The number of methoxy groups -OCH3 is 1. The highest BCUT2D eigenvalue weighted by atomic mass is 16.5. The predicted molar refractivity (Wildman–Crippen MR) is 118 cm³/mol. The Balaban J connectivity index is 2.31. The molecule has 8 heteroatoms. The normalized spacial score (nSPS) is 12.2. The molecule has 0 fully saturated rings. The van der Waals surface area contributed by atoms with Gasteiger partial charge in [-0.1, -0.05) is 24.3 Å². The van der Waals surface area contributed by atoms with Crippen LogP contribution < -0.4 is 4.74 Å². The number of carbonyl (C=O) groups is 2. The van der Waals surface area contributed by atoms with Crippen molar-refractivity contribution in [3.63, 3.8) is 0 Å². The topological polar surface area (TPSA) is 145 Å². The molecule has 0 heterocycles. The van der Waals surface area contributed by atoms with Crippen LogP contribution >= 0.6 is 0 Å². The number of aliphatic carboxylic acids is 1. The highest BCUT2D eigenvalue weighted by molar-refractivity contribution is 6.07. The average Bonchev–Trinajstić information content (AvgIpc) is 2.77. The van der Waals surface area contributed by atoms with Crippen molar-refractivity contribution < 1.29 is 39.9 Å². The highest BCUT2D eigenvalue weighted by Crippen LogP contribution is 2.27. The van der Waals surface area contributed by atoms with Gasteiger partial charge in [-0.2, -0.15) is 0 Å². The van der Waals surface area contributed by atoms with Crippen molar-refractivity contribution in [2.75, 3.05) is 7.11 Å². The summed E-state index contributed by atoms with van der Waals surface area (Å²) in [6.07, 6.45) is 4.82. The molecule has 0 amide bonds. The number of carbonyl (C=O) groups excluding carboxylic acids is 1. The summed E-state index contributed by atoms with van der Waals surface area (Å²) in [6.45, 7) is -0.376. The van der Waals surface area contributed by atoms with Crippen molar-refractivity contribution in [1.29, 1.82) is 0 Å². The number of benzene rings is 2. The minimum absolute atomic E-state index is 0.0505. The molecule has 2 rings (SSSR count). The van der Waals surface area contributed by atoms with E-state index in [9.17, 15) is 30.0 Å². The summed E-state index contributed by atoms with van der Waals surface area (Å²) in [4.78, 5) is 23.6. The van der Waals surface area contributed by atoms with Crippen LogP contribution in [0.2, 0.25) is 0 Å². The Morgan fingerprint density at radius 3 is 2.16 bits per heavy atom. The maximum absolute atomic E-state index is 12.7. The fraction of sp³-hybridized carbons (Fsp3) is 0.167. The molecule has 168 valence electrons. The van der Waals surface area contributed by atoms with Gasteiger partial charge in [0.15, 0.2) is 17.3 Å². The van der Waals surface area contributed by atoms with Crippen LogP contribution in [-0.4, -0.2) is 44.4 Å². The van der Waals surface area contributed by atoms with Gasteiger partial charge in [-0.05, 0) is 54.0 Å². The molecule has 0 aromatic heterocycles. The van der Waals surface area contributed by atoms with Crippen LogP contribution in [0.4, 0.5) is 0 Å². The lowest BCUT2D eigenvalue weighted by atomic mass is 10.0. The van der Waals surface area contributed by atoms with Gasteiger partial charge in [0.25, 0.3) is 0 Å². The predicted octanol–water partition coefficient (Wildman–Crippen LogP) is 3.57. The number of aliphatic hydroxyl groups is 2. The minimum Gasteiger partial charge on any atom is -0.508 e. The number of phenolic OH excluding ortho intramolecular Hbond substituents is 1. The molecule has 8 nitrogen and oxygen atoms in total. The second-order valence-electron chi connectivity index (χ2n) is 6.77. The van der Waals surface area contributed by atoms with E-state index < -0.39 is 17.5 Å². The number of ketones is 1. The largest absolute Gasteiger partial charge is 0.508 e. The van der Waals surface area contributed by atoms with Crippen molar-refractivity contribution in [3.05, 3.63) is 76.6 Å². The van der Waals surface area contributed by atoms with E-state index in [2.05, 4.69) is 0 Å². The fourth-order valence-electron chi connectivity index (χ4n) is 2.79. The molecular formula is C24H24O8. The lowest BCUT2D eigenvalue weighted by Gasteiger charge is -2.06. The Labute approximate surface area is 184 Å². The van der Waals surface area contributed by atoms with E-state index in [1.54, 1.807) is 6.07 Å². The number of allylic oxidation sites excluding steroid dienone is 3. The van der Waals surface area contributed by atoms with Gasteiger partial charge in [0.05, 0.1) is 13.7 Å². The van der Waals surface area contributed by atoms with Crippen LogP contribution in [0.1, 0.15) is 29.5 Å². The van der Waals surface area contributed by atoms with Crippen LogP contribution in [0.15, 0.2) is 59.9 Å². The van der Waals surface area contributed by atoms with Crippen molar-refractivity contribution in [1.82, 2.24) is 0 Å². The first kappa shape index (κ1) is 24.2. The average molecular weight is 440 g/mol. The molecule has 0 unspecified atom stereocenters. The maximum Gasteiger partial charge on any atom is 0.303 e.